The van der Waals surface area contributed by atoms with Crippen LogP contribution >= 0.6 is 0 Å². The van der Waals surface area contributed by atoms with E-state index < -0.39 is 4.92 Å². The molecular weight excluding hydrogens is 370 g/mol. The average molecular weight is 385 g/mol. The summed E-state index contributed by atoms with van der Waals surface area (Å²) in [5.74, 6) is 0.363. The number of phenolic OH excluding ortho intramolecular Hbond substituents is 1. The molecule has 1 aromatic heterocycles. The second-order valence-corrected chi connectivity index (χ2v) is 6.33. The van der Waals surface area contributed by atoms with Gasteiger partial charge in [-0.2, -0.15) is 0 Å². The minimum Gasteiger partial charge on any atom is -0.508 e. The fourth-order valence-electron chi connectivity index (χ4n) is 3.06. The number of nitro benzene ring substituents is 1. The normalized spacial score (nSPS) is 11.2. The Morgan fingerprint density at radius 3 is 2.55 bits per heavy atom. The third kappa shape index (κ3) is 3.61. The van der Waals surface area contributed by atoms with Gasteiger partial charge in [-0.15, -0.1) is 0 Å². The summed E-state index contributed by atoms with van der Waals surface area (Å²) >= 11 is 0. The summed E-state index contributed by atoms with van der Waals surface area (Å²) in [6.45, 7) is 0. The topological polar surface area (TPSA) is 98.3 Å². The lowest BCUT2D eigenvalue weighted by atomic mass is 10.2. The number of hydrogen-bond acceptors (Lipinski definition) is 5. The Morgan fingerprint density at radius 1 is 0.966 bits per heavy atom. The number of nitrogens with zero attached hydrogens (tertiary/aromatic N) is 3. The van der Waals surface area contributed by atoms with Crippen molar-refractivity contribution >= 4 is 28.7 Å². The second-order valence-electron chi connectivity index (χ2n) is 6.33. The van der Waals surface area contributed by atoms with E-state index in [0.717, 1.165) is 0 Å². The Bertz CT molecular complexity index is 1330. The Labute approximate surface area is 165 Å². The van der Waals surface area contributed by atoms with E-state index in [1.165, 1.54) is 28.8 Å². The Hall–Kier alpha value is -4.26. The first-order chi connectivity index (χ1) is 14.0. The highest BCUT2D eigenvalue weighted by molar-refractivity contribution is 5.80. The highest BCUT2D eigenvalue weighted by Gasteiger charge is 2.11. The van der Waals surface area contributed by atoms with Gasteiger partial charge in [0, 0.05) is 18.2 Å². The maximum Gasteiger partial charge on any atom is 0.270 e. The zero-order valence-corrected chi connectivity index (χ0v) is 15.1. The molecule has 0 amide bonds. The average Bonchev–Trinajstić information content (AvgIpc) is 2.72. The second kappa shape index (κ2) is 7.40. The van der Waals surface area contributed by atoms with Crippen LogP contribution in [0.2, 0.25) is 0 Å². The highest BCUT2D eigenvalue weighted by atomic mass is 16.6. The van der Waals surface area contributed by atoms with E-state index in [1.807, 2.05) is 0 Å². The van der Waals surface area contributed by atoms with Gasteiger partial charge in [-0.25, -0.2) is 4.98 Å². The third-order valence-electron chi connectivity index (χ3n) is 4.40. The first kappa shape index (κ1) is 18.1. The number of benzene rings is 3. The molecule has 0 aliphatic carbocycles. The predicted molar refractivity (Wildman–Crippen MR) is 111 cm³/mol. The van der Waals surface area contributed by atoms with Gasteiger partial charge in [0.05, 0.1) is 21.5 Å². The van der Waals surface area contributed by atoms with Gasteiger partial charge in [0.15, 0.2) is 0 Å². The molecule has 1 N–H and O–H groups in total. The summed E-state index contributed by atoms with van der Waals surface area (Å²) < 4.78 is 1.40. The van der Waals surface area contributed by atoms with Crippen LogP contribution in [0.15, 0.2) is 77.6 Å². The fourth-order valence-corrected chi connectivity index (χ4v) is 3.06. The standard InChI is InChI=1S/C22H15N3O4/c26-18-8-4-6-16(14-18)24-21(23-20-10-2-1-9-19(20)22(24)27)12-11-15-5-3-7-17(13-15)25(28)29/h1-14,26H. The van der Waals surface area contributed by atoms with Gasteiger partial charge in [-0.3, -0.25) is 19.5 Å². The van der Waals surface area contributed by atoms with Crippen molar-refractivity contribution in [3.8, 4) is 11.4 Å². The fraction of sp³-hybridized carbons (Fsp3) is 0. The molecule has 0 saturated carbocycles. The van der Waals surface area contributed by atoms with Crippen LogP contribution < -0.4 is 5.56 Å². The van der Waals surface area contributed by atoms with Crippen LogP contribution in [0.1, 0.15) is 11.4 Å². The van der Waals surface area contributed by atoms with Crippen molar-refractivity contribution in [3.63, 3.8) is 0 Å². The molecule has 0 bridgehead atoms. The van der Waals surface area contributed by atoms with Crippen LogP contribution in [-0.2, 0) is 0 Å². The van der Waals surface area contributed by atoms with E-state index in [-0.39, 0.29) is 17.0 Å². The monoisotopic (exact) mass is 385 g/mol. The molecule has 29 heavy (non-hydrogen) atoms. The van der Waals surface area contributed by atoms with Gasteiger partial charge in [0.2, 0.25) is 0 Å². The molecule has 142 valence electrons. The van der Waals surface area contributed by atoms with Gasteiger partial charge in [-0.1, -0.05) is 36.4 Å². The summed E-state index contributed by atoms with van der Waals surface area (Å²) in [5.41, 5.74) is 1.30. The first-order valence-electron chi connectivity index (χ1n) is 8.77. The maximum atomic E-state index is 13.1. The molecule has 4 rings (SSSR count). The third-order valence-corrected chi connectivity index (χ3v) is 4.40. The molecule has 4 aromatic rings. The SMILES string of the molecule is O=c1c2ccccc2nc(C=Cc2cccc([N+](=O)[O-])c2)n1-c1cccc(O)c1. The predicted octanol–water partition coefficient (Wildman–Crippen LogP) is 4.17. The molecule has 3 aromatic carbocycles. The number of rotatable bonds is 4. The van der Waals surface area contributed by atoms with E-state index in [1.54, 1.807) is 60.7 Å². The first-order valence-corrected chi connectivity index (χ1v) is 8.77. The van der Waals surface area contributed by atoms with E-state index in [2.05, 4.69) is 4.98 Å². The van der Waals surface area contributed by atoms with E-state index >= 15 is 0 Å². The number of hydrogen-bond donors (Lipinski definition) is 1. The Kier molecular flexibility index (Phi) is 4.62. The lowest BCUT2D eigenvalue weighted by Crippen LogP contribution is -2.22. The van der Waals surface area contributed by atoms with Crippen LogP contribution in [0.5, 0.6) is 5.75 Å². The van der Waals surface area contributed by atoms with Gasteiger partial charge in [0.1, 0.15) is 11.6 Å². The Balaban J connectivity index is 1.91. The van der Waals surface area contributed by atoms with Crippen LogP contribution in [0.3, 0.4) is 0 Å². The summed E-state index contributed by atoms with van der Waals surface area (Å²) in [4.78, 5) is 28.2. The molecule has 0 fully saturated rings. The van der Waals surface area contributed by atoms with Crippen molar-refractivity contribution < 1.29 is 10.0 Å². The molecule has 0 aliphatic rings. The maximum absolute atomic E-state index is 13.1. The molecule has 0 spiro atoms. The molecule has 0 radical (unpaired) electrons. The molecule has 7 nitrogen and oxygen atoms in total. The van der Waals surface area contributed by atoms with Crippen molar-refractivity contribution in [3.05, 3.63) is 105 Å². The van der Waals surface area contributed by atoms with Gasteiger partial charge < -0.3 is 5.11 Å². The van der Waals surface area contributed by atoms with Gasteiger partial charge in [0.25, 0.3) is 11.2 Å². The van der Waals surface area contributed by atoms with Crippen molar-refractivity contribution in [2.75, 3.05) is 0 Å². The lowest BCUT2D eigenvalue weighted by molar-refractivity contribution is -0.384. The zero-order chi connectivity index (χ0) is 20.4. The van der Waals surface area contributed by atoms with Crippen molar-refractivity contribution in [2.45, 2.75) is 0 Å². The van der Waals surface area contributed by atoms with Crippen molar-refractivity contribution in [1.29, 1.82) is 0 Å². The number of para-hydroxylation sites is 1. The Morgan fingerprint density at radius 2 is 1.76 bits per heavy atom. The minimum atomic E-state index is -0.464. The highest BCUT2D eigenvalue weighted by Crippen LogP contribution is 2.19. The number of nitro groups is 1. The summed E-state index contributed by atoms with van der Waals surface area (Å²) in [7, 11) is 0. The van der Waals surface area contributed by atoms with Gasteiger partial charge in [-0.05, 0) is 35.9 Å². The largest absolute Gasteiger partial charge is 0.508 e. The van der Waals surface area contributed by atoms with Crippen LogP contribution in [0, 0.1) is 10.1 Å². The summed E-state index contributed by atoms with van der Waals surface area (Å²) in [6.07, 6.45) is 3.28. The van der Waals surface area contributed by atoms with Crippen LogP contribution in [0.25, 0.3) is 28.7 Å². The molecule has 0 saturated heterocycles. The number of fused-ring (bicyclic) bond motifs is 1. The number of phenols is 1. The number of aromatic nitrogens is 2. The summed E-state index contributed by atoms with van der Waals surface area (Å²) in [6, 6.07) is 19.5. The minimum absolute atomic E-state index is 0.0241. The molecule has 0 aliphatic heterocycles. The molecule has 7 heteroatoms. The quantitative estimate of drug-likeness (QED) is 0.420. The smallest absolute Gasteiger partial charge is 0.270 e. The van der Waals surface area contributed by atoms with E-state index in [0.29, 0.717) is 28.0 Å². The van der Waals surface area contributed by atoms with Crippen molar-refractivity contribution in [1.82, 2.24) is 9.55 Å². The van der Waals surface area contributed by atoms with Crippen molar-refractivity contribution in [2.24, 2.45) is 0 Å². The van der Waals surface area contributed by atoms with Gasteiger partial charge >= 0.3 is 0 Å². The van der Waals surface area contributed by atoms with Crippen LogP contribution in [-0.4, -0.2) is 19.6 Å². The lowest BCUT2D eigenvalue weighted by Gasteiger charge is -2.11. The zero-order valence-electron chi connectivity index (χ0n) is 15.1. The van der Waals surface area contributed by atoms with E-state index in [9.17, 15) is 20.0 Å². The molecule has 0 atom stereocenters. The summed E-state index contributed by atoms with van der Waals surface area (Å²) in [5, 5.41) is 21.3. The number of non-ortho nitro benzene ring substituents is 1. The van der Waals surface area contributed by atoms with Crippen LogP contribution in [0.4, 0.5) is 5.69 Å². The van der Waals surface area contributed by atoms with E-state index in [4.69, 9.17) is 0 Å². The molecule has 1 heterocycles. The molecule has 0 unspecified atom stereocenters. The number of aromatic hydroxyl groups is 1. The molecular formula is C22H15N3O4.